The van der Waals surface area contributed by atoms with E-state index in [9.17, 15) is 18.0 Å². The van der Waals surface area contributed by atoms with Gasteiger partial charge in [0.25, 0.3) is 0 Å². The second-order valence-electron chi connectivity index (χ2n) is 5.50. The molecule has 0 fully saturated rings. The normalized spacial score (nSPS) is 11.4. The van der Waals surface area contributed by atoms with Gasteiger partial charge < -0.3 is 4.74 Å². The SMILES string of the molecule is CCOC(=O)c1ccc(-c2nc(-c3cc(C(F)(F)F)ccc3Cl)n[nH]2)cc1. The Hall–Kier alpha value is -2.87. The van der Waals surface area contributed by atoms with Gasteiger partial charge >= 0.3 is 12.1 Å². The van der Waals surface area contributed by atoms with E-state index >= 15 is 0 Å². The fourth-order valence-corrected chi connectivity index (χ4v) is 2.56. The number of hydrogen-bond donors (Lipinski definition) is 1. The van der Waals surface area contributed by atoms with Gasteiger partial charge in [0, 0.05) is 11.1 Å². The second kappa shape index (κ2) is 7.40. The molecule has 1 aromatic heterocycles. The van der Waals surface area contributed by atoms with Gasteiger partial charge in [0.1, 0.15) is 0 Å². The molecule has 140 valence electrons. The van der Waals surface area contributed by atoms with Gasteiger partial charge in [0.15, 0.2) is 11.6 Å². The van der Waals surface area contributed by atoms with Gasteiger partial charge in [-0.1, -0.05) is 23.7 Å². The molecular formula is C18H13ClF3N3O2. The summed E-state index contributed by atoms with van der Waals surface area (Å²) < 4.78 is 43.6. The summed E-state index contributed by atoms with van der Waals surface area (Å²) in [6.45, 7) is 1.98. The molecule has 0 radical (unpaired) electrons. The Balaban J connectivity index is 1.90. The summed E-state index contributed by atoms with van der Waals surface area (Å²) >= 11 is 6.01. The first-order valence-electron chi connectivity index (χ1n) is 7.86. The first-order chi connectivity index (χ1) is 12.8. The number of aromatic amines is 1. The van der Waals surface area contributed by atoms with Crippen LogP contribution in [0.15, 0.2) is 42.5 Å². The highest BCUT2D eigenvalue weighted by atomic mass is 35.5. The number of aromatic nitrogens is 3. The summed E-state index contributed by atoms with van der Waals surface area (Å²) in [4.78, 5) is 15.9. The lowest BCUT2D eigenvalue weighted by molar-refractivity contribution is -0.137. The molecule has 0 aliphatic rings. The molecule has 0 bridgehead atoms. The predicted octanol–water partition coefficient (Wildman–Crippen LogP) is 4.99. The molecule has 2 aromatic carbocycles. The molecule has 0 unspecified atom stereocenters. The van der Waals surface area contributed by atoms with E-state index in [4.69, 9.17) is 16.3 Å². The number of carbonyl (C=O) groups is 1. The fourth-order valence-electron chi connectivity index (χ4n) is 2.36. The van der Waals surface area contributed by atoms with E-state index in [1.54, 1.807) is 31.2 Å². The Labute approximate surface area is 157 Å². The molecule has 1 N–H and O–H groups in total. The van der Waals surface area contributed by atoms with E-state index < -0.39 is 17.7 Å². The van der Waals surface area contributed by atoms with Crippen LogP contribution in [0.2, 0.25) is 5.02 Å². The van der Waals surface area contributed by atoms with Crippen LogP contribution in [-0.4, -0.2) is 27.8 Å². The van der Waals surface area contributed by atoms with Crippen LogP contribution < -0.4 is 0 Å². The van der Waals surface area contributed by atoms with Crippen molar-refractivity contribution in [2.45, 2.75) is 13.1 Å². The Morgan fingerprint density at radius 2 is 1.89 bits per heavy atom. The molecule has 27 heavy (non-hydrogen) atoms. The zero-order valence-electron chi connectivity index (χ0n) is 14.0. The summed E-state index contributed by atoms with van der Waals surface area (Å²) in [6, 6.07) is 9.34. The summed E-state index contributed by atoms with van der Waals surface area (Å²) in [5.41, 5.74) is 0.204. The number of alkyl halides is 3. The number of hydrogen-bond acceptors (Lipinski definition) is 4. The molecule has 9 heteroatoms. The van der Waals surface area contributed by atoms with Crippen LogP contribution in [-0.2, 0) is 10.9 Å². The van der Waals surface area contributed by atoms with Gasteiger partial charge in [0.05, 0.1) is 22.8 Å². The number of benzene rings is 2. The Kier molecular flexibility index (Phi) is 5.18. The summed E-state index contributed by atoms with van der Waals surface area (Å²) in [7, 11) is 0. The minimum Gasteiger partial charge on any atom is -0.462 e. The summed E-state index contributed by atoms with van der Waals surface area (Å²) in [6.07, 6.45) is -4.50. The lowest BCUT2D eigenvalue weighted by Gasteiger charge is -2.08. The molecule has 0 aliphatic heterocycles. The maximum atomic E-state index is 12.9. The quantitative estimate of drug-likeness (QED) is 0.632. The van der Waals surface area contributed by atoms with Crippen molar-refractivity contribution in [3.63, 3.8) is 0 Å². The van der Waals surface area contributed by atoms with E-state index in [-0.39, 0.29) is 23.0 Å². The highest BCUT2D eigenvalue weighted by Gasteiger charge is 2.31. The zero-order chi connectivity index (χ0) is 19.6. The number of nitrogens with one attached hydrogen (secondary N) is 1. The molecule has 0 amide bonds. The maximum Gasteiger partial charge on any atom is 0.416 e. The molecule has 1 heterocycles. The van der Waals surface area contributed by atoms with E-state index in [0.717, 1.165) is 18.2 Å². The standard InChI is InChI=1S/C18H13ClF3N3O2/c1-2-27-17(26)11-5-3-10(4-6-11)15-23-16(25-24-15)13-9-12(18(20,21)22)7-8-14(13)19/h3-9H,2H2,1H3,(H,23,24,25). The first-order valence-corrected chi connectivity index (χ1v) is 8.24. The number of halogens is 4. The number of ether oxygens (including phenoxy) is 1. The van der Waals surface area contributed by atoms with Crippen molar-refractivity contribution >= 4 is 17.6 Å². The van der Waals surface area contributed by atoms with Crippen molar-refractivity contribution in [1.29, 1.82) is 0 Å². The monoisotopic (exact) mass is 395 g/mol. The molecule has 3 aromatic rings. The molecule has 5 nitrogen and oxygen atoms in total. The van der Waals surface area contributed by atoms with Gasteiger partial charge in [-0.3, -0.25) is 5.10 Å². The van der Waals surface area contributed by atoms with Crippen molar-refractivity contribution in [1.82, 2.24) is 15.2 Å². The average molecular weight is 396 g/mol. The van der Waals surface area contributed by atoms with Gasteiger partial charge in [-0.15, -0.1) is 0 Å². The molecule has 0 spiro atoms. The molecule has 0 saturated heterocycles. The molecule has 3 rings (SSSR count). The van der Waals surface area contributed by atoms with Gasteiger partial charge in [-0.05, 0) is 37.3 Å². The minimum atomic E-state index is -4.50. The second-order valence-corrected chi connectivity index (χ2v) is 5.91. The Morgan fingerprint density at radius 3 is 2.52 bits per heavy atom. The van der Waals surface area contributed by atoms with Crippen LogP contribution in [0.5, 0.6) is 0 Å². The number of esters is 1. The number of H-pyrrole nitrogens is 1. The predicted molar refractivity (Wildman–Crippen MR) is 93.2 cm³/mol. The van der Waals surface area contributed by atoms with Crippen molar-refractivity contribution < 1.29 is 22.7 Å². The topological polar surface area (TPSA) is 67.9 Å². The lowest BCUT2D eigenvalue weighted by atomic mass is 10.1. The van der Waals surface area contributed by atoms with Crippen LogP contribution in [0.25, 0.3) is 22.8 Å². The van der Waals surface area contributed by atoms with Crippen molar-refractivity contribution in [3.05, 3.63) is 58.6 Å². The highest BCUT2D eigenvalue weighted by Crippen LogP contribution is 2.35. The third kappa shape index (κ3) is 4.11. The van der Waals surface area contributed by atoms with Gasteiger partial charge in [0.2, 0.25) is 0 Å². The summed E-state index contributed by atoms with van der Waals surface area (Å²) in [5, 5.41) is 6.72. The van der Waals surface area contributed by atoms with Crippen molar-refractivity contribution in [2.24, 2.45) is 0 Å². The maximum absolute atomic E-state index is 12.9. The smallest absolute Gasteiger partial charge is 0.416 e. The van der Waals surface area contributed by atoms with E-state index in [0.29, 0.717) is 17.0 Å². The largest absolute Gasteiger partial charge is 0.462 e. The van der Waals surface area contributed by atoms with E-state index in [1.165, 1.54) is 0 Å². The van der Waals surface area contributed by atoms with Gasteiger partial charge in [-0.25, -0.2) is 9.78 Å². The minimum absolute atomic E-state index is 0.0376. The molecule has 0 saturated carbocycles. The number of carbonyl (C=O) groups excluding carboxylic acids is 1. The Bertz CT molecular complexity index is 969. The number of rotatable bonds is 4. The first kappa shape index (κ1) is 18.9. The van der Waals surface area contributed by atoms with Crippen LogP contribution in [0.1, 0.15) is 22.8 Å². The van der Waals surface area contributed by atoms with E-state index in [1.807, 2.05) is 0 Å². The molecule has 0 atom stereocenters. The van der Waals surface area contributed by atoms with Crippen LogP contribution in [0.3, 0.4) is 0 Å². The third-order valence-corrected chi connectivity index (χ3v) is 4.02. The molecule has 0 aliphatic carbocycles. The lowest BCUT2D eigenvalue weighted by Crippen LogP contribution is -2.05. The van der Waals surface area contributed by atoms with Crippen molar-refractivity contribution in [2.75, 3.05) is 6.61 Å². The van der Waals surface area contributed by atoms with Crippen LogP contribution >= 0.6 is 11.6 Å². The van der Waals surface area contributed by atoms with Crippen molar-refractivity contribution in [3.8, 4) is 22.8 Å². The molecular weight excluding hydrogens is 383 g/mol. The van der Waals surface area contributed by atoms with Gasteiger partial charge in [-0.2, -0.15) is 18.3 Å². The Morgan fingerprint density at radius 1 is 1.19 bits per heavy atom. The third-order valence-electron chi connectivity index (χ3n) is 3.69. The summed E-state index contributed by atoms with van der Waals surface area (Å²) in [5.74, 6) is -0.0810. The van der Waals surface area contributed by atoms with Crippen LogP contribution in [0.4, 0.5) is 13.2 Å². The zero-order valence-corrected chi connectivity index (χ0v) is 14.7. The highest BCUT2D eigenvalue weighted by molar-refractivity contribution is 6.33. The van der Waals surface area contributed by atoms with Crippen LogP contribution in [0, 0.1) is 0 Å². The fraction of sp³-hybridized carbons (Fsp3) is 0.167. The van der Waals surface area contributed by atoms with E-state index in [2.05, 4.69) is 15.2 Å². The number of nitrogens with zero attached hydrogens (tertiary/aromatic N) is 2. The average Bonchev–Trinajstić information content (AvgIpc) is 3.11.